The molecule has 0 aromatic rings. The highest BCUT2D eigenvalue weighted by Gasteiger charge is 2.80. The third kappa shape index (κ3) is 5.50. The molecule has 3 rings (SSSR count). The number of likely N-dealkylation sites (tertiary alicyclic amines) is 1. The van der Waals surface area contributed by atoms with Crippen LogP contribution in [0.2, 0.25) is 0 Å². The standard InChI is InChI=1S/C32H53N3O5/c1-9-13-14-18-34(17-12-4)30(39)27-32-20-23(7)31(8,40-32)25(28(37)33(15-10-2)16-11-3)26(32)29(38)35(27)24(21-36)19-22(5)6/h10,12,22-27,36H,2,4,9,11,13-21H2,1,3,5-8H3/t23?,24-,25-,26+,27?,31+,32?/m1/s1. The number of hydrogen-bond donors (Lipinski definition) is 1. The van der Waals surface area contributed by atoms with Gasteiger partial charge in [-0.1, -0.05) is 59.6 Å². The Bertz CT molecular complexity index is 953. The Balaban J connectivity index is 2.16. The van der Waals surface area contributed by atoms with Crippen molar-refractivity contribution in [2.75, 3.05) is 32.8 Å². The van der Waals surface area contributed by atoms with Crippen LogP contribution in [0.25, 0.3) is 0 Å². The molecular weight excluding hydrogens is 506 g/mol. The Morgan fingerprint density at radius 3 is 2.25 bits per heavy atom. The Morgan fingerprint density at radius 2 is 1.73 bits per heavy atom. The van der Waals surface area contributed by atoms with Gasteiger partial charge >= 0.3 is 0 Å². The van der Waals surface area contributed by atoms with Gasteiger partial charge in [-0.25, -0.2) is 0 Å². The fourth-order valence-electron chi connectivity index (χ4n) is 7.63. The molecule has 1 N–H and O–H groups in total. The van der Waals surface area contributed by atoms with E-state index in [4.69, 9.17) is 4.74 Å². The molecule has 40 heavy (non-hydrogen) atoms. The molecule has 3 aliphatic rings. The fourth-order valence-corrected chi connectivity index (χ4v) is 7.63. The van der Waals surface area contributed by atoms with Crippen LogP contribution < -0.4 is 0 Å². The molecule has 3 heterocycles. The van der Waals surface area contributed by atoms with Crippen molar-refractivity contribution < 1.29 is 24.2 Å². The second-order valence-electron chi connectivity index (χ2n) is 12.8. The van der Waals surface area contributed by atoms with Crippen LogP contribution in [-0.2, 0) is 19.1 Å². The lowest BCUT2D eigenvalue weighted by Gasteiger charge is -2.40. The summed E-state index contributed by atoms with van der Waals surface area (Å²) in [5, 5.41) is 10.5. The number of aliphatic hydroxyl groups excluding tert-OH is 1. The van der Waals surface area contributed by atoms with Gasteiger partial charge < -0.3 is 24.5 Å². The van der Waals surface area contributed by atoms with Crippen molar-refractivity contribution in [1.29, 1.82) is 0 Å². The first-order valence-electron chi connectivity index (χ1n) is 15.4. The third-order valence-corrected chi connectivity index (χ3v) is 9.45. The Kier molecular flexibility index (Phi) is 10.7. The van der Waals surface area contributed by atoms with Gasteiger partial charge in [0.25, 0.3) is 0 Å². The van der Waals surface area contributed by atoms with Crippen LogP contribution in [0.1, 0.15) is 80.1 Å². The van der Waals surface area contributed by atoms with E-state index in [1.807, 2.05) is 27.7 Å². The molecule has 3 unspecified atom stereocenters. The van der Waals surface area contributed by atoms with E-state index in [1.54, 1.807) is 26.9 Å². The Labute approximate surface area is 241 Å². The summed E-state index contributed by atoms with van der Waals surface area (Å²) in [4.78, 5) is 48.5. The van der Waals surface area contributed by atoms with Crippen molar-refractivity contribution in [3.8, 4) is 0 Å². The van der Waals surface area contributed by atoms with Crippen molar-refractivity contribution in [2.45, 2.75) is 103 Å². The summed E-state index contributed by atoms with van der Waals surface area (Å²) in [5.74, 6) is -1.84. The molecule has 2 bridgehead atoms. The van der Waals surface area contributed by atoms with E-state index in [2.05, 4.69) is 27.0 Å². The van der Waals surface area contributed by atoms with Gasteiger partial charge in [0.05, 0.1) is 30.1 Å². The number of amides is 3. The second kappa shape index (κ2) is 13.2. The molecule has 1 spiro atoms. The van der Waals surface area contributed by atoms with Crippen molar-refractivity contribution >= 4 is 17.7 Å². The van der Waals surface area contributed by atoms with Gasteiger partial charge in [0.1, 0.15) is 11.6 Å². The van der Waals surface area contributed by atoms with Crippen LogP contribution in [0.3, 0.4) is 0 Å². The number of rotatable bonds is 16. The van der Waals surface area contributed by atoms with Gasteiger partial charge in [0, 0.05) is 26.2 Å². The molecule has 3 amide bonds. The number of carbonyl (C=O) groups excluding carboxylic acids is 3. The van der Waals surface area contributed by atoms with Gasteiger partial charge in [-0.3, -0.25) is 14.4 Å². The van der Waals surface area contributed by atoms with E-state index >= 15 is 0 Å². The monoisotopic (exact) mass is 559 g/mol. The molecule has 226 valence electrons. The summed E-state index contributed by atoms with van der Waals surface area (Å²) >= 11 is 0. The highest BCUT2D eigenvalue weighted by atomic mass is 16.5. The first kappa shape index (κ1) is 32.3. The van der Waals surface area contributed by atoms with Gasteiger partial charge in [0.15, 0.2) is 0 Å². The largest absolute Gasteiger partial charge is 0.394 e. The van der Waals surface area contributed by atoms with Gasteiger partial charge in [-0.2, -0.15) is 0 Å². The number of ether oxygens (including phenoxy) is 1. The van der Waals surface area contributed by atoms with Crippen LogP contribution >= 0.6 is 0 Å². The maximum absolute atomic E-state index is 14.6. The molecule has 0 aromatic heterocycles. The van der Waals surface area contributed by atoms with Crippen molar-refractivity contribution in [1.82, 2.24) is 14.7 Å². The molecule has 3 fully saturated rings. The summed E-state index contributed by atoms with van der Waals surface area (Å²) in [6, 6.07) is -1.44. The highest BCUT2D eigenvalue weighted by molar-refractivity contribution is 5.99. The lowest BCUT2D eigenvalue weighted by molar-refractivity contribution is -0.158. The SMILES string of the molecule is C=CCN(CCCCC)C(=O)C1N([C@@H](CO)CC(C)C)C(=O)[C@@H]2[C@H](C(=O)N(CC=C)CCC)[C@@]3(C)OC12CC3C. The zero-order valence-electron chi connectivity index (χ0n) is 25.7. The molecular formula is C32H53N3O5. The van der Waals surface area contributed by atoms with E-state index in [-0.39, 0.29) is 36.2 Å². The van der Waals surface area contributed by atoms with Crippen molar-refractivity contribution in [3.05, 3.63) is 25.3 Å². The van der Waals surface area contributed by atoms with Gasteiger partial charge in [0.2, 0.25) is 17.7 Å². The molecule has 8 nitrogen and oxygen atoms in total. The van der Waals surface area contributed by atoms with E-state index in [0.717, 1.165) is 25.7 Å². The third-order valence-electron chi connectivity index (χ3n) is 9.45. The quantitative estimate of drug-likeness (QED) is 0.228. The lowest BCUT2D eigenvalue weighted by atomic mass is 9.62. The summed E-state index contributed by atoms with van der Waals surface area (Å²) in [6.07, 6.45) is 8.16. The smallest absolute Gasteiger partial charge is 0.248 e. The molecule has 3 saturated heterocycles. The van der Waals surface area contributed by atoms with Crippen LogP contribution in [0.5, 0.6) is 0 Å². The predicted octanol–water partition coefficient (Wildman–Crippen LogP) is 4.03. The van der Waals surface area contributed by atoms with E-state index < -0.39 is 35.1 Å². The predicted molar refractivity (Wildman–Crippen MR) is 157 cm³/mol. The first-order chi connectivity index (χ1) is 19.0. The van der Waals surface area contributed by atoms with Crippen LogP contribution in [0.15, 0.2) is 25.3 Å². The van der Waals surface area contributed by atoms with E-state index in [0.29, 0.717) is 39.0 Å². The summed E-state index contributed by atoms with van der Waals surface area (Å²) < 4.78 is 6.92. The number of fused-ring (bicyclic) bond motifs is 1. The van der Waals surface area contributed by atoms with Crippen LogP contribution in [0, 0.1) is 23.7 Å². The topological polar surface area (TPSA) is 90.4 Å². The minimum atomic E-state index is -1.12. The van der Waals surface area contributed by atoms with E-state index in [9.17, 15) is 19.5 Å². The molecule has 0 aliphatic carbocycles. The number of aliphatic hydroxyl groups is 1. The molecule has 7 atom stereocenters. The average Bonchev–Trinajstić information content (AvgIpc) is 3.42. The Hall–Kier alpha value is -2.19. The normalized spacial score (nSPS) is 31.4. The number of hydrogen-bond acceptors (Lipinski definition) is 5. The fraction of sp³-hybridized carbons (Fsp3) is 0.781. The average molecular weight is 560 g/mol. The van der Waals surface area contributed by atoms with Crippen LogP contribution in [0.4, 0.5) is 0 Å². The second-order valence-corrected chi connectivity index (χ2v) is 12.8. The molecule has 8 heteroatoms. The van der Waals surface area contributed by atoms with Crippen LogP contribution in [-0.4, -0.2) is 93.6 Å². The lowest BCUT2D eigenvalue weighted by Crippen LogP contribution is -2.59. The van der Waals surface area contributed by atoms with E-state index in [1.165, 1.54) is 0 Å². The summed E-state index contributed by atoms with van der Waals surface area (Å²) in [7, 11) is 0. The van der Waals surface area contributed by atoms with Crippen molar-refractivity contribution in [3.63, 3.8) is 0 Å². The number of unbranched alkanes of at least 4 members (excludes halogenated alkanes) is 2. The van der Waals surface area contributed by atoms with Gasteiger partial charge in [-0.05, 0) is 44.4 Å². The first-order valence-corrected chi connectivity index (χ1v) is 15.4. The maximum Gasteiger partial charge on any atom is 0.248 e. The molecule has 3 aliphatic heterocycles. The zero-order chi connectivity index (χ0) is 29.8. The molecule has 0 saturated carbocycles. The molecule has 0 radical (unpaired) electrons. The Morgan fingerprint density at radius 1 is 1.10 bits per heavy atom. The zero-order valence-corrected chi connectivity index (χ0v) is 25.7. The number of nitrogens with zero attached hydrogens (tertiary/aromatic N) is 3. The van der Waals surface area contributed by atoms with Gasteiger partial charge in [-0.15, -0.1) is 13.2 Å². The minimum absolute atomic E-state index is 0.0291. The summed E-state index contributed by atoms with van der Waals surface area (Å²) in [6.45, 7) is 21.6. The molecule has 0 aromatic carbocycles. The highest BCUT2D eigenvalue weighted by Crippen LogP contribution is 2.66. The number of carbonyl (C=O) groups is 3. The summed E-state index contributed by atoms with van der Waals surface area (Å²) in [5.41, 5.74) is -1.99. The van der Waals surface area contributed by atoms with Crippen molar-refractivity contribution in [2.24, 2.45) is 23.7 Å². The maximum atomic E-state index is 14.6. The minimum Gasteiger partial charge on any atom is -0.394 e.